The number of amides is 1. The Labute approximate surface area is 179 Å². The van der Waals surface area contributed by atoms with Gasteiger partial charge in [0.1, 0.15) is 0 Å². The van der Waals surface area contributed by atoms with Crippen molar-refractivity contribution in [1.29, 1.82) is 0 Å². The zero-order valence-corrected chi connectivity index (χ0v) is 17.8. The van der Waals surface area contributed by atoms with Gasteiger partial charge in [0.25, 0.3) is 10.0 Å². The molecule has 7 nitrogen and oxygen atoms in total. The third-order valence-electron chi connectivity index (χ3n) is 4.74. The van der Waals surface area contributed by atoms with Crippen molar-refractivity contribution in [3.63, 3.8) is 0 Å². The molecule has 3 aromatic rings. The number of carbonyl (C=O) groups is 1. The molecule has 0 aliphatic carbocycles. The molecule has 1 amide bonds. The predicted molar refractivity (Wildman–Crippen MR) is 116 cm³/mol. The fourth-order valence-corrected chi connectivity index (χ4v) is 5.19. The molecule has 0 spiro atoms. The van der Waals surface area contributed by atoms with E-state index < -0.39 is 10.0 Å². The van der Waals surface area contributed by atoms with Crippen LogP contribution in [0.4, 0.5) is 5.13 Å². The minimum absolute atomic E-state index is 0.00661. The minimum Gasteiger partial charge on any atom is -0.378 e. The average Bonchev–Trinajstić information content (AvgIpc) is 3.21. The fraction of sp³-hybridized carbons (Fsp3) is 0.238. The third kappa shape index (κ3) is 4.86. The van der Waals surface area contributed by atoms with Crippen LogP contribution in [0, 0.1) is 0 Å². The van der Waals surface area contributed by atoms with Crippen LogP contribution in [-0.4, -0.2) is 50.5 Å². The molecule has 1 aromatic heterocycles. The summed E-state index contributed by atoms with van der Waals surface area (Å²) in [5, 5.41) is 0.243. The lowest BCUT2D eigenvalue weighted by atomic mass is 10.1. The molecule has 0 saturated carbocycles. The van der Waals surface area contributed by atoms with Crippen molar-refractivity contribution in [3.8, 4) is 11.1 Å². The number of carbonyl (C=O) groups excluding carboxylic acids is 1. The van der Waals surface area contributed by atoms with Crippen molar-refractivity contribution >= 4 is 32.4 Å². The molecule has 156 valence electrons. The highest BCUT2D eigenvalue weighted by molar-refractivity contribution is 7.93. The van der Waals surface area contributed by atoms with Gasteiger partial charge in [0.15, 0.2) is 5.13 Å². The first-order valence-electron chi connectivity index (χ1n) is 9.50. The molecule has 1 saturated heterocycles. The van der Waals surface area contributed by atoms with E-state index in [1.165, 1.54) is 11.3 Å². The van der Waals surface area contributed by atoms with E-state index in [1.54, 1.807) is 35.4 Å². The Balaban J connectivity index is 1.41. The summed E-state index contributed by atoms with van der Waals surface area (Å²) in [6.45, 7) is 2.25. The maximum absolute atomic E-state index is 12.7. The molecule has 1 aliphatic heterocycles. The maximum atomic E-state index is 12.7. The number of hydrogen-bond acceptors (Lipinski definition) is 6. The van der Waals surface area contributed by atoms with Crippen molar-refractivity contribution < 1.29 is 17.9 Å². The summed E-state index contributed by atoms with van der Waals surface area (Å²) in [4.78, 5) is 19.1. The van der Waals surface area contributed by atoms with Crippen LogP contribution in [-0.2, 0) is 26.0 Å². The zero-order chi connectivity index (χ0) is 21.0. The lowest BCUT2D eigenvalue weighted by molar-refractivity contribution is -0.134. The van der Waals surface area contributed by atoms with Gasteiger partial charge in [0.05, 0.1) is 24.5 Å². The van der Waals surface area contributed by atoms with E-state index in [-0.39, 0.29) is 22.4 Å². The molecule has 2 heterocycles. The number of morpholine rings is 1. The largest absolute Gasteiger partial charge is 0.378 e. The molecule has 9 heteroatoms. The summed E-state index contributed by atoms with van der Waals surface area (Å²) in [5.41, 5.74) is 1.96. The quantitative estimate of drug-likeness (QED) is 0.633. The normalized spacial score (nSPS) is 14.5. The smallest absolute Gasteiger partial charge is 0.263 e. The Kier molecular flexibility index (Phi) is 6.12. The van der Waals surface area contributed by atoms with Crippen LogP contribution in [0.1, 0.15) is 4.88 Å². The van der Waals surface area contributed by atoms with Gasteiger partial charge in [0.2, 0.25) is 5.91 Å². The number of rotatable bonds is 6. The van der Waals surface area contributed by atoms with Gasteiger partial charge in [-0.05, 0) is 23.3 Å². The Morgan fingerprint density at radius 1 is 1.03 bits per heavy atom. The predicted octanol–water partition coefficient (Wildman–Crippen LogP) is 3.01. The second-order valence-electron chi connectivity index (χ2n) is 6.80. The van der Waals surface area contributed by atoms with Crippen LogP contribution in [0.15, 0.2) is 65.7 Å². The second-order valence-corrected chi connectivity index (χ2v) is 9.60. The van der Waals surface area contributed by atoms with E-state index >= 15 is 0 Å². The lowest BCUT2D eigenvalue weighted by Crippen LogP contribution is -2.41. The van der Waals surface area contributed by atoms with Crippen LogP contribution < -0.4 is 4.72 Å². The number of ether oxygens (including phenoxy) is 1. The van der Waals surface area contributed by atoms with Crippen LogP contribution in [0.3, 0.4) is 0 Å². The van der Waals surface area contributed by atoms with Crippen LogP contribution in [0.2, 0.25) is 0 Å². The summed E-state index contributed by atoms with van der Waals surface area (Å²) < 4.78 is 33.1. The van der Waals surface area contributed by atoms with Crippen molar-refractivity contribution in [2.45, 2.75) is 11.3 Å². The Morgan fingerprint density at radius 2 is 1.70 bits per heavy atom. The van der Waals surface area contributed by atoms with Gasteiger partial charge in [-0.2, -0.15) is 0 Å². The topological polar surface area (TPSA) is 88.6 Å². The molecule has 1 aliphatic rings. The van der Waals surface area contributed by atoms with Gasteiger partial charge in [-0.25, -0.2) is 13.4 Å². The van der Waals surface area contributed by atoms with Gasteiger partial charge < -0.3 is 9.64 Å². The van der Waals surface area contributed by atoms with E-state index in [0.717, 1.165) is 11.1 Å². The number of thiazole rings is 1. The first-order valence-corrected chi connectivity index (χ1v) is 11.8. The number of nitrogens with zero attached hydrogens (tertiary/aromatic N) is 2. The molecule has 0 radical (unpaired) electrons. The van der Waals surface area contributed by atoms with E-state index in [9.17, 15) is 13.2 Å². The van der Waals surface area contributed by atoms with E-state index in [4.69, 9.17) is 4.74 Å². The Morgan fingerprint density at radius 3 is 2.40 bits per heavy atom. The van der Waals surface area contributed by atoms with Crippen molar-refractivity contribution in [3.05, 3.63) is 65.7 Å². The van der Waals surface area contributed by atoms with Crippen LogP contribution in [0.25, 0.3) is 11.1 Å². The van der Waals surface area contributed by atoms with Gasteiger partial charge in [-0.1, -0.05) is 42.5 Å². The van der Waals surface area contributed by atoms with Crippen molar-refractivity contribution in [2.75, 3.05) is 31.0 Å². The molecular formula is C21H21N3O4S2. The van der Waals surface area contributed by atoms with Gasteiger partial charge >= 0.3 is 0 Å². The summed E-state index contributed by atoms with van der Waals surface area (Å²) in [6.07, 6.45) is 1.74. The number of sulfonamides is 1. The summed E-state index contributed by atoms with van der Waals surface area (Å²) >= 11 is 1.17. The molecule has 2 aromatic carbocycles. The highest BCUT2D eigenvalue weighted by Gasteiger charge is 2.20. The highest BCUT2D eigenvalue weighted by Crippen LogP contribution is 2.25. The first-order chi connectivity index (χ1) is 14.5. The number of aromatic nitrogens is 1. The molecule has 0 atom stereocenters. The lowest BCUT2D eigenvalue weighted by Gasteiger charge is -2.26. The zero-order valence-electron chi connectivity index (χ0n) is 16.2. The number of benzene rings is 2. The molecule has 4 rings (SSSR count). The molecule has 0 unspecified atom stereocenters. The van der Waals surface area contributed by atoms with Crippen molar-refractivity contribution in [2.24, 2.45) is 0 Å². The highest BCUT2D eigenvalue weighted by atomic mass is 32.2. The third-order valence-corrected chi connectivity index (χ3v) is 7.13. The van der Waals surface area contributed by atoms with Crippen LogP contribution in [0.5, 0.6) is 0 Å². The van der Waals surface area contributed by atoms with Gasteiger partial charge in [-0.3, -0.25) is 9.52 Å². The first kappa shape index (κ1) is 20.5. The Bertz CT molecular complexity index is 1110. The van der Waals surface area contributed by atoms with E-state index in [0.29, 0.717) is 31.2 Å². The molecular weight excluding hydrogens is 422 g/mol. The monoisotopic (exact) mass is 443 g/mol. The Hall–Kier alpha value is -2.75. The van der Waals surface area contributed by atoms with Gasteiger partial charge in [0, 0.05) is 24.2 Å². The SMILES string of the molecule is O=C(Cc1cnc(NS(=O)(=O)c2ccc(-c3ccccc3)cc2)s1)N1CCOCC1. The number of nitrogens with one attached hydrogen (secondary N) is 1. The minimum atomic E-state index is -3.76. The molecule has 30 heavy (non-hydrogen) atoms. The maximum Gasteiger partial charge on any atom is 0.263 e. The van der Waals surface area contributed by atoms with Gasteiger partial charge in [-0.15, -0.1) is 11.3 Å². The van der Waals surface area contributed by atoms with E-state index in [1.807, 2.05) is 30.3 Å². The van der Waals surface area contributed by atoms with Crippen LogP contribution >= 0.6 is 11.3 Å². The van der Waals surface area contributed by atoms with E-state index in [2.05, 4.69) is 9.71 Å². The fourth-order valence-electron chi connectivity index (χ4n) is 3.14. The second kappa shape index (κ2) is 8.95. The number of hydrogen-bond donors (Lipinski definition) is 1. The molecule has 1 N–H and O–H groups in total. The summed E-state index contributed by atoms with van der Waals surface area (Å²) in [6, 6.07) is 16.4. The molecule has 0 bridgehead atoms. The van der Waals surface area contributed by atoms with Crippen molar-refractivity contribution in [1.82, 2.24) is 9.88 Å². The standard InChI is InChI=1S/C21H21N3O4S2/c25-20(24-10-12-28-13-11-24)14-18-15-22-21(29-18)23-30(26,27)19-8-6-17(7-9-19)16-4-2-1-3-5-16/h1-9,15H,10-14H2,(H,22,23). The average molecular weight is 444 g/mol. The summed E-state index contributed by atoms with van der Waals surface area (Å²) in [5.74, 6) is -0.00661. The summed E-state index contributed by atoms with van der Waals surface area (Å²) in [7, 11) is -3.76. The molecule has 1 fully saturated rings. The number of anilines is 1.